The van der Waals surface area contributed by atoms with Crippen molar-refractivity contribution in [3.8, 4) is 17.1 Å². The monoisotopic (exact) mass is 375 g/mol. The number of thioether (sulfide) groups is 1. The molecule has 0 bridgehead atoms. The fourth-order valence-electron chi connectivity index (χ4n) is 3.02. The topological polar surface area (TPSA) is 95.1 Å². The molecule has 0 radical (unpaired) electrons. The van der Waals surface area contributed by atoms with Crippen LogP contribution >= 0.6 is 11.8 Å². The van der Waals surface area contributed by atoms with Crippen LogP contribution in [-0.2, 0) is 4.79 Å². The van der Waals surface area contributed by atoms with Gasteiger partial charge in [0.25, 0.3) is 0 Å². The van der Waals surface area contributed by atoms with E-state index < -0.39 is 0 Å². The fraction of sp³-hybridized carbons (Fsp3) is 0.500. The first-order chi connectivity index (χ1) is 12.6. The normalized spacial score (nSPS) is 15.8. The van der Waals surface area contributed by atoms with Gasteiger partial charge >= 0.3 is 0 Å². The number of nitrogens with zero attached hydrogens (tertiary/aromatic N) is 3. The van der Waals surface area contributed by atoms with E-state index in [-0.39, 0.29) is 11.2 Å². The first-order valence-corrected chi connectivity index (χ1v) is 9.87. The van der Waals surface area contributed by atoms with E-state index in [2.05, 4.69) is 15.5 Å². The van der Waals surface area contributed by atoms with E-state index in [1.54, 1.807) is 0 Å². The summed E-state index contributed by atoms with van der Waals surface area (Å²) in [4.78, 5) is 12.3. The minimum absolute atomic E-state index is 0.0208. The Balaban J connectivity index is 1.65. The zero-order valence-corrected chi connectivity index (χ0v) is 16.0. The number of aromatic nitrogens is 3. The van der Waals surface area contributed by atoms with Crippen molar-refractivity contribution in [2.75, 3.05) is 12.4 Å². The summed E-state index contributed by atoms with van der Waals surface area (Å²) in [6.45, 7) is 4.42. The Morgan fingerprint density at radius 1 is 1.35 bits per heavy atom. The van der Waals surface area contributed by atoms with Gasteiger partial charge < -0.3 is 15.9 Å². The number of rotatable bonds is 7. The van der Waals surface area contributed by atoms with Gasteiger partial charge in [-0.1, -0.05) is 24.6 Å². The van der Waals surface area contributed by atoms with Crippen molar-refractivity contribution in [1.82, 2.24) is 20.2 Å². The SMILES string of the molecule is CCOc1ccc(-c2nnc(S[C@@H](C)C(=O)NC3CCCC3)n2N)cc1. The predicted molar refractivity (Wildman–Crippen MR) is 102 cm³/mol. The van der Waals surface area contributed by atoms with Crippen LogP contribution in [0.4, 0.5) is 0 Å². The smallest absolute Gasteiger partial charge is 0.233 e. The van der Waals surface area contributed by atoms with Gasteiger partial charge in [-0.2, -0.15) is 0 Å². The highest BCUT2D eigenvalue weighted by Gasteiger charge is 2.23. The zero-order valence-electron chi connectivity index (χ0n) is 15.1. The van der Waals surface area contributed by atoms with Gasteiger partial charge in [0.1, 0.15) is 5.75 Å². The summed E-state index contributed by atoms with van der Waals surface area (Å²) < 4.78 is 6.87. The van der Waals surface area contributed by atoms with Gasteiger partial charge in [-0.15, -0.1) is 10.2 Å². The Morgan fingerprint density at radius 3 is 2.69 bits per heavy atom. The second kappa shape index (κ2) is 8.44. The maximum absolute atomic E-state index is 12.3. The molecule has 1 aromatic carbocycles. The first kappa shape index (κ1) is 18.6. The lowest BCUT2D eigenvalue weighted by Crippen LogP contribution is -2.37. The number of carbonyl (C=O) groups excluding carboxylic acids is 1. The lowest BCUT2D eigenvalue weighted by atomic mass is 10.2. The molecule has 7 nitrogen and oxygen atoms in total. The van der Waals surface area contributed by atoms with Crippen molar-refractivity contribution in [2.24, 2.45) is 0 Å². The van der Waals surface area contributed by atoms with Crippen LogP contribution in [-0.4, -0.2) is 38.7 Å². The Kier molecular flexibility index (Phi) is 6.03. The second-order valence-electron chi connectivity index (χ2n) is 6.38. The number of nitrogens with one attached hydrogen (secondary N) is 1. The van der Waals surface area contributed by atoms with Crippen LogP contribution in [0.5, 0.6) is 5.75 Å². The van der Waals surface area contributed by atoms with Gasteiger partial charge in [-0.05, 0) is 51.0 Å². The fourth-order valence-corrected chi connectivity index (χ4v) is 3.80. The molecule has 26 heavy (non-hydrogen) atoms. The Bertz CT molecular complexity index is 741. The van der Waals surface area contributed by atoms with Crippen LogP contribution < -0.4 is 15.9 Å². The third kappa shape index (κ3) is 4.30. The Labute approximate surface area is 157 Å². The highest BCUT2D eigenvalue weighted by Crippen LogP contribution is 2.26. The molecule has 3 N–H and O–H groups in total. The van der Waals surface area contributed by atoms with Crippen molar-refractivity contribution < 1.29 is 9.53 Å². The molecular weight excluding hydrogens is 350 g/mol. The molecule has 1 heterocycles. The summed E-state index contributed by atoms with van der Waals surface area (Å²) in [5.41, 5.74) is 0.846. The maximum Gasteiger partial charge on any atom is 0.233 e. The molecule has 0 unspecified atom stereocenters. The van der Waals surface area contributed by atoms with Crippen molar-refractivity contribution in [3.63, 3.8) is 0 Å². The molecule has 1 aliphatic carbocycles. The molecule has 0 saturated heterocycles. The van der Waals surface area contributed by atoms with Crippen LogP contribution in [0.2, 0.25) is 0 Å². The van der Waals surface area contributed by atoms with Gasteiger partial charge in [-0.25, -0.2) is 4.68 Å². The molecule has 2 aromatic rings. The summed E-state index contributed by atoms with van der Waals surface area (Å²) in [6.07, 6.45) is 4.51. The summed E-state index contributed by atoms with van der Waals surface area (Å²) in [7, 11) is 0. The summed E-state index contributed by atoms with van der Waals surface area (Å²) >= 11 is 1.32. The van der Waals surface area contributed by atoms with Gasteiger partial charge in [-0.3, -0.25) is 4.79 Å². The third-order valence-corrected chi connectivity index (χ3v) is 5.50. The standard InChI is InChI=1S/C18H25N5O2S/c1-3-25-15-10-8-13(9-11-15)16-21-22-18(23(16)19)26-12(2)17(24)20-14-6-4-5-7-14/h8-12,14H,3-7,19H2,1-2H3,(H,20,24)/t12-/m0/s1. The van der Waals surface area contributed by atoms with E-state index in [9.17, 15) is 4.79 Å². The molecule has 8 heteroatoms. The maximum atomic E-state index is 12.3. The second-order valence-corrected chi connectivity index (χ2v) is 7.69. The quantitative estimate of drug-likeness (QED) is 0.570. The molecule has 1 aliphatic rings. The number of nitrogens with two attached hydrogens (primary N) is 1. The zero-order chi connectivity index (χ0) is 18.5. The van der Waals surface area contributed by atoms with Crippen LogP contribution in [0.25, 0.3) is 11.4 Å². The van der Waals surface area contributed by atoms with Crippen molar-refractivity contribution in [3.05, 3.63) is 24.3 Å². The third-order valence-electron chi connectivity index (χ3n) is 4.44. The number of carbonyl (C=O) groups is 1. The summed E-state index contributed by atoms with van der Waals surface area (Å²) in [5.74, 6) is 7.52. The van der Waals surface area contributed by atoms with Crippen molar-refractivity contribution >= 4 is 17.7 Å². The van der Waals surface area contributed by atoms with Crippen LogP contribution in [0.3, 0.4) is 0 Å². The molecule has 1 atom stereocenters. The summed E-state index contributed by atoms with van der Waals surface area (Å²) in [6, 6.07) is 7.84. The average molecular weight is 375 g/mol. The largest absolute Gasteiger partial charge is 0.494 e. The molecule has 1 amide bonds. The number of amides is 1. The van der Waals surface area contributed by atoms with Gasteiger partial charge in [0.2, 0.25) is 11.1 Å². The lowest BCUT2D eigenvalue weighted by molar-refractivity contribution is -0.120. The lowest BCUT2D eigenvalue weighted by Gasteiger charge is -2.15. The van der Waals surface area contributed by atoms with Gasteiger partial charge in [0, 0.05) is 11.6 Å². The number of ether oxygens (including phenoxy) is 1. The molecular formula is C18H25N5O2S. The number of benzene rings is 1. The predicted octanol–water partition coefficient (Wildman–Crippen LogP) is 2.60. The Hall–Kier alpha value is -2.22. The van der Waals surface area contributed by atoms with E-state index in [0.29, 0.717) is 23.6 Å². The first-order valence-electron chi connectivity index (χ1n) is 8.99. The molecule has 1 fully saturated rings. The highest BCUT2D eigenvalue weighted by atomic mass is 32.2. The van der Waals surface area contributed by atoms with E-state index in [1.807, 2.05) is 38.1 Å². The summed E-state index contributed by atoms with van der Waals surface area (Å²) in [5, 5.41) is 11.7. The molecule has 1 saturated carbocycles. The molecule has 1 aromatic heterocycles. The molecule has 140 valence electrons. The minimum Gasteiger partial charge on any atom is -0.494 e. The van der Waals surface area contributed by atoms with E-state index >= 15 is 0 Å². The number of hydrogen-bond donors (Lipinski definition) is 2. The van der Waals surface area contributed by atoms with E-state index in [4.69, 9.17) is 10.6 Å². The van der Waals surface area contributed by atoms with Gasteiger partial charge in [0.05, 0.1) is 11.9 Å². The van der Waals surface area contributed by atoms with E-state index in [0.717, 1.165) is 24.2 Å². The minimum atomic E-state index is -0.282. The van der Waals surface area contributed by atoms with Crippen LogP contribution in [0.15, 0.2) is 29.4 Å². The average Bonchev–Trinajstić information content (AvgIpc) is 3.27. The van der Waals surface area contributed by atoms with E-state index in [1.165, 1.54) is 29.3 Å². The van der Waals surface area contributed by atoms with Gasteiger partial charge in [0.15, 0.2) is 5.82 Å². The number of nitrogen functional groups attached to an aromatic ring is 1. The molecule has 0 spiro atoms. The molecule has 3 rings (SSSR count). The van der Waals surface area contributed by atoms with Crippen LogP contribution in [0.1, 0.15) is 39.5 Å². The van der Waals surface area contributed by atoms with Crippen LogP contribution in [0, 0.1) is 0 Å². The number of hydrogen-bond acceptors (Lipinski definition) is 6. The Morgan fingerprint density at radius 2 is 2.04 bits per heavy atom. The molecule has 0 aliphatic heterocycles. The van der Waals surface area contributed by atoms with Crippen molar-refractivity contribution in [2.45, 2.75) is 56.0 Å². The van der Waals surface area contributed by atoms with Crippen molar-refractivity contribution in [1.29, 1.82) is 0 Å². The highest BCUT2D eigenvalue weighted by molar-refractivity contribution is 8.00.